The van der Waals surface area contributed by atoms with Gasteiger partial charge in [0.2, 0.25) is 5.91 Å². The van der Waals surface area contributed by atoms with Crippen molar-refractivity contribution in [2.75, 3.05) is 18.0 Å². The van der Waals surface area contributed by atoms with E-state index in [4.69, 9.17) is 0 Å². The molecule has 3 rings (SSSR count). The smallest absolute Gasteiger partial charge is 0.220 e. The molecule has 1 aliphatic heterocycles. The maximum atomic E-state index is 12.5. The number of aromatic nitrogens is 1. The zero-order valence-corrected chi connectivity index (χ0v) is 16.2. The lowest BCUT2D eigenvalue weighted by molar-refractivity contribution is -0.123. The summed E-state index contributed by atoms with van der Waals surface area (Å²) < 4.78 is 0. The highest BCUT2D eigenvalue weighted by Gasteiger charge is 2.29. The van der Waals surface area contributed by atoms with Gasteiger partial charge in [-0.3, -0.25) is 4.79 Å². The standard InChI is InChI=1S/C20H27N3OS/c1-4-20(3,19-21-15(2)14-25-19)22-18(24)10-7-12-23-13-11-16-8-5-6-9-17(16)23/h5-6,8-9,14H,4,7,10-13H2,1-3H3,(H,22,24)/t20-/m0/s1. The lowest BCUT2D eigenvalue weighted by Crippen LogP contribution is -2.43. The molecular formula is C20H27N3OS. The van der Waals surface area contributed by atoms with Crippen LogP contribution in [0.4, 0.5) is 5.69 Å². The number of benzene rings is 1. The number of carbonyl (C=O) groups excluding carboxylic acids is 1. The SMILES string of the molecule is CC[C@](C)(NC(=O)CCCN1CCc2ccccc21)c1nc(C)cs1. The molecule has 0 aliphatic carbocycles. The van der Waals surface area contributed by atoms with Gasteiger partial charge in [0, 0.05) is 36.3 Å². The third kappa shape index (κ3) is 4.03. The number of fused-ring (bicyclic) bond motifs is 1. The van der Waals surface area contributed by atoms with E-state index in [1.165, 1.54) is 11.3 Å². The number of aryl methyl sites for hydroxylation is 1. The largest absolute Gasteiger partial charge is 0.371 e. The van der Waals surface area contributed by atoms with Gasteiger partial charge in [-0.1, -0.05) is 25.1 Å². The van der Waals surface area contributed by atoms with Crippen LogP contribution in [-0.4, -0.2) is 24.0 Å². The summed E-state index contributed by atoms with van der Waals surface area (Å²) >= 11 is 1.63. The Morgan fingerprint density at radius 2 is 2.20 bits per heavy atom. The van der Waals surface area contributed by atoms with Crippen molar-refractivity contribution in [2.45, 2.75) is 52.0 Å². The van der Waals surface area contributed by atoms with Crippen molar-refractivity contribution in [1.29, 1.82) is 0 Å². The number of nitrogens with zero attached hydrogens (tertiary/aromatic N) is 2. The molecule has 0 bridgehead atoms. The van der Waals surface area contributed by atoms with Crippen molar-refractivity contribution >= 4 is 22.9 Å². The van der Waals surface area contributed by atoms with E-state index in [-0.39, 0.29) is 11.4 Å². The predicted molar refractivity (Wildman–Crippen MR) is 104 cm³/mol. The van der Waals surface area contributed by atoms with Crippen LogP contribution in [0, 0.1) is 6.92 Å². The quantitative estimate of drug-likeness (QED) is 0.813. The van der Waals surface area contributed by atoms with Crippen LogP contribution < -0.4 is 10.2 Å². The molecule has 0 unspecified atom stereocenters. The molecule has 1 N–H and O–H groups in total. The summed E-state index contributed by atoms with van der Waals surface area (Å²) in [6, 6.07) is 8.57. The third-order valence-electron chi connectivity index (χ3n) is 5.03. The fourth-order valence-corrected chi connectivity index (χ4v) is 4.33. The van der Waals surface area contributed by atoms with Gasteiger partial charge in [-0.2, -0.15) is 0 Å². The minimum absolute atomic E-state index is 0.115. The topological polar surface area (TPSA) is 45.2 Å². The molecular weight excluding hydrogens is 330 g/mol. The van der Waals surface area contributed by atoms with Gasteiger partial charge in [-0.15, -0.1) is 11.3 Å². The van der Waals surface area contributed by atoms with E-state index in [1.54, 1.807) is 11.3 Å². The maximum Gasteiger partial charge on any atom is 0.220 e. The molecule has 134 valence electrons. The van der Waals surface area contributed by atoms with Crippen LogP contribution in [0.2, 0.25) is 0 Å². The van der Waals surface area contributed by atoms with Crippen molar-refractivity contribution in [2.24, 2.45) is 0 Å². The van der Waals surface area contributed by atoms with E-state index in [0.29, 0.717) is 6.42 Å². The summed E-state index contributed by atoms with van der Waals surface area (Å²) in [5.74, 6) is 0.115. The Hall–Kier alpha value is -1.88. The van der Waals surface area contributed by atoms with Crippen LogP contribution >= 0.6 is 11.3 Å². The lowest BCUT2D eigenvalue weighted by atomic mass is 9.99. The van der Waals surface area contributed by atoms with Gasteiger partial charge in [-0.05, 0) is 44.7 Å². The number of hydrogen-bond acceptors (Lipinski definition) is 4. The monoisotopic (exact) mass is 357 g/mol. The number of amides is 1. The zero-order valence-electron chi connectivity index (χ0n) is 15.3. The molecule has 0 saturated carbocycles. The Labute approximate surface area is 154 Å². The molecule has 0 radical (unpaired) electrons. The highest BCUT2D eigenvalue weighted by molar-refractivity contribution is 7.09. The molecule has 0 saturated heterocycles. The van der Waals surface area contributed by atoms with Gasteiger partial charge >= 0.3 is 0 Å². The van der Waals surface area contributed by atoms with Crippen LogP contribution in [0.15, 0.2) is 29.6 Å². The van der Waals surface area contributed by atoms with Gasteiger partial charge in [0.1, 0.15) is 5.01 Å². The number of rotatable bonds is 7. The Balaban J connectivity index is 1.51. The number of anilines is 1. The average molecular weight is 358 g/mol. The van der Waals surface area contributed by atoms with Crippen LogP contribution in [0.3, 0.4) is 0 Å². The van der Waals surface area contributed by atoms with Crippen molar-refractivity contribution in [3.05, 3.63) is 45.9 Å². The maximum absolute atomic E-state index is 12.5. The highest BCUT2D eigenvalue weighted by Crippen LogP contribution is 2.29. The van der Waals surface area contributed by atoms with E-state index >= 15 is 0 Å². The van der Waals surface area contributed by atoms with E-state index in [9.17, 15) is 4.79 Å². The Morgan fingerprint density at radius 1 is 1.40 bits per heavy atom. The van der Waals surface area contributed by atoms with E-state index in [0.717, 1.165) is 43.1 Å². The first kappa shape index (κ1) is 17.9. The summed E-state index contributed by atoms with van der Waals surface area (Å²) in [6.45, 7) is 8.15. The van der Waals surface area contributed by atoms with Gasteiger partial charge in [0.15, 0.2) is 0 Å². The van der Waals surface area contributed by atoms with Crippen molar-refractivity contribution in [3.63, 3.8) is 0 Å². The molecule has 2 aromatic rings. The number of thiazole rings is 1. The second kappa shape index (κ2) is 7.56. The Bertz CT molecular complexity index is 742. The molecule has 1 atom stereocenters. The predicted octanol–water partition coefficient (Wildman–Crippen LogP) is 4.04. The minimum Gasteiger partial charge on any atom is -0.371 e. The summed E-state index contributed by atoms with van der Waals surface area (Å²) in [5.41, 5.74) is 3.40. The average Bonchev–Trinajstić information content (AvgIpc) is 3.22. The molecule has 1 aromatic carbocycles. The molecule has 1 amide bonds. The summed E-state index contributed by atoms with van der Waals surface area (Å²) in [4.78, 5) is 19.4. The van der Waals surface area contributed by atoms with Gasteiger partial charge < -0.3 is 10.2 Å². The fraction of sp³-hybridized carbons (Fsp3) is 0.500. The second-order valence-corrected chi connectivity index (χ2v) is 7.86. The Kier molecular flexibility index (Phi) is 5.42. The molecule has 1 aliphatic rings. The zero-order chi connectivity index (χ0) is 17.9. The first-order chi connectivity index (χ1) is 12.0. The third-order valence-corrected chi connectivity index (χ3v) is 6.25. The summed E-state index contributed by atoms with van der Waals surface area (Å²) in [5, 5.41) is 6.24. The normalized spacial score (nSPS) is 15.7. The second-order valence-electron chi connectivity index (χ2n) is 7.00. The molecule has 4 nitrogen and oxygen atoms in total. The number of nitrogens with one attached hydrogen (secondary N) is 1. The molecule has 25 heavy (non-hydrogen) atoms. The number of carbonyl (C=O) groups is 1. The van der Waals surface area contributed by atoms with Gasteiger partial charge in [-0.25, -0.2) is 4.98 Å². The van der Waals surface area contributed by atoms with E-state index in [1.807, 2.05) is 12.3 Å². The lowest BCUT2D eigenvalue weighted by Gasteiger charge is -2.27. The van der Waals surface area contributed by atoms with E-state index < -0.39 is 0 Å². The van der Waals surface area contributed by atoms with Crippen molar-refractivity contribution in [3.8, 4) is 0 Å². The van der Waals surface area contributed by atoms with Gasteiger partial charge in [0.25, 0.3) is 0 Å². The first-order valence-corrected chi connectivity index (χ1v) is 9.96. The molecule has 0 spiro atoms. The summed E-state index contributed by atoms with van der Waals surface area (Å²) in [6.07, 6.45) is 3.38. The van der Waals surface area contributed by atoms with Crippen LogP contribution in [-0.2, 0) is 16.8 Å². The van der Waals surface area contributed by atoms with E-state index in [2.05, 4.69) is 53.3 Å². The van der Waals surface area contributed by atoms with Gasteiger partial charge in [0.05, 0.1) is 5.54 Å². The fourth-order valence-electron chi connectivity index (χ4n) is 3.34. The van der Waals surface area contributed by atoms with Crippen LogP contribution in [0.1, 0.15) is 49.4 Å². The Morgan fingerprint density at radius 3 is 2.92 bits per heavy atom. The first-order valence-electron chi connectivity index (χ1n) is 9.08. The molecule has 1 aromatic heterocycles. The van der Waals surface area contributed by atoms with Crippen molar-refractivity contribution < 1.29 is 4.79 Å². The highest BCUT2D eigenvalue weighted by atomic mass is 32.1. The molecule has 2 heterocycles. The number of hydrogen-bond donors (Lipinski definition) is 1. The molecule has 0 fully saturated rings. The van der Waals surface area contributed by atoms with Crippen LogP contribution in [0.25, 0.3) is 0 Å². The molecule has 5 heteroatoms. The summed E-state index contributed by atoms with van der Waals surface area (Å²) in [7, 11) is 0. The minimum atomic E-state index is -0.365. The number of para-hydroxylation sites is 1. The van der Waals surface area contributed by atoms with Crippen molar-refractivity contribution in [1.82, 2.24) is 10.3 Å². The van der Waals surface area contributed by atoms with Crippen LogP contribution in [0.5, 0.6) is 0 Å².